The van der Waals surface area contributed by atoms with Crippen LogP contribution >= 0.6 is 23.4 Å². The number of ether oxygens (including phenoxy) is 1. The highest BCUT2D eigenvalue weighted by Crippen LogP contribution is 2.14. The minimum atomic E-state index is 0.457. The van der Waals surface area contributed by atoms with Gasteiger partial charge in [-0.25, -0.2) is 0 Å². The van der Waals surface area contributed by atoms with E-state index >= 15 is 0 Å². The lowest BCUT2D eigenvalue weighted by atomic mass is 10.1. The highest BCUT2D eigenvalue weighted by molar-refractivity contribution is 7.99. The zero-order valence-electron chi connectivity index (χ0n) is 9.58. The Kier molecular flexibility index (Phi) is 7.89. The van der Waals surface area contributed by atoms with Crippen molar-refractivity contribution in [2.45, 2.75) is 25.9 Å². The Morgan fingerprint density at radius 1 is 1.40 bits per heavy atom. The van der Waals surface area contributed by atoms with E-state index in [1.807, 2.05) is 11.8 Å². The molecular formula is C11H22ClNOS. The maximum absolute atomic E-state index is 5.64. The molecule has 0 atom stereocenters. The molecule has 0 bridgehead atoms. The van der Waals surface area contributed by atoms with Crippen molar-refractivity contribution in [3.8, 4) is 0 Å². The van der Waals surface area contributed by atoms with Crippen LogP contribution in [0.2, 0.25) is 0 Å². The first kappa shape index (κ1) is 13.6. The van der Waals surface area contributed by atoms with Crippen molar-refractivity contribution in [1.29, 1.82) is 0 Å². The lowest BCUT2D eigenvalue weighted by Crippen LogP contribution is -2.38. The van der Waals surface area contributed by atoms with Gasteiger partial charge in [0, 0.05) is 31.3 Å². The topological polar surface area (TPSA) is 12.5 Å². The molecule has 0 amide bonds. The summed E-state index contributed by atoms with van der Waals surface area (Å²) in [5.41, 5.74) is 0. The summed E-state index contributed by atoms with van der Waals surface area (Å²) in [7, 11) is 0. The van der Waals surface area contributed by atoms with Crippen LogP contribution in [0.5, 0.6) is 0 Å². The fourth-order valence-corrected chi connectivity index (χ4v) is 2.61. The van der Waals surface area contributed by atoms with E-state index < -0.39 is 0 Å². The molecule has 4 heteroatoms. The molecule has 15 heavy (non-hydrogen) atoms. The summed E-state index contributed by atoms with van der Waals surface area (Å²) in [5.74, 6) is 3.12. The van der Waals surface area contributed by atoms with Crippen molar-refractivity contribution >= 4 is 23.4 Å². The normalized spacial score (nSPS) is 19.6. The minimum absolute atomic E-state index is 0.457. The second-order valence-corrected chi connectivity index (χ2v) is 5.57. The Balaban J connectivity index is 2.02. The molecule has 0 spiro atoms. The summed E-state index contributed by atoms with van der Waals surface area (Å²) in [6, 6.07) is 0. The molecule has 0 N–H and O–H groups in total. The lowest BCUT2D eigenvalue weighted by molar-refractivity contribution is 0.0166. The molecule has 0 saturated carbocycles. The summed E-state index contributed by atoms with van der Waals surface area (Å²) in [4.78, 5) is 2.54. The maximum Gasteiger partial charge on any atom is 0.0605 e. The van der Waals surface area contributed by atoms with Crippen molar-refractivity contribution < 1.29 is 4.74 Å². The van der Waals surface area contributed by atoms with Gasteiger partial charge in [-0.2, -0.15) is 11.8 Å². The standard InChI is InChI=1S/C11H22ClNOS/c1-2-15-10-8-13-6-3-11(4-7-13)14-9-5-12/h11H,2-10H2,1H3. The fraction of sp³-hybridized carbons (Fsp3) is 1.00. The van der Waals surface area contributed by atoms with Gasteiger partial charge >= 0.3 is 0 Å². The van der Waals surface area contributed by atoms with Gasteiger partial charge in [0.25, 0.3) is 0 Å². The van der Waals surface area contributed by atoms with Crippen LogP contribution in [0.4, 0.5) is 0 Å². The first-order valence-electron chi connectivity index (χ1n) is 5.84. The van der Waals surface area contributed by atoms with E-state index in [4.69, 9.17) is 16.3 Å². The van der Waals surface area contributed by atoms with Gasteiger partial charge in [-0.05, 0) is 18.6 Å². The second kappa shape index (κ2) is 8.68. The Bertz CT molecular complexity index is 152. The molecule has 1 aliphatic rings. The highest BCUT2D eigenvalue weighted by atomic mass is 35.5. The molecule has 0 aromatic heterocycles. The zero-order chi connectivity index (χ0) is 10.9. The molecular weight excluding hydrogens is 230 g/mol. The van der Waals surface area contributed by atoms with E-state index in [2.05, 4.69) is 11.8 Å². The van der Waals surface area contributed by atoms with Crippen LogP contribution in [0.3, 0.4) is 0 Å². The Morgan fingerprint density at radius 2 is 2.13 bits per heavy atom. The third-order valence-corrected chi connectivity index (χ3v) is 3.76. The number of rotatable bonds is 7. The molecule has 1 heterocycles. The zero-order valence-corrected chi connectivity index (χ0v) is 11.2. The van der Waals surface area contributed by atoms with Crippen LogP contribution < -0.4 is 0 Å². The first-order valence-corrected chi connectivity index (χ1v) is 7.53. The monoisotopic (exact) mass is 251 g/mol. The molecule has 1 fully saturated rings. The lowest BCUT2D eigenvalue weighted by Gasteiger charge is -2.31. The van der Waals surface area contributed by atoms with Crippen molar-refractivity contribution in [2.75, 3.05) is 43.6 Å². The van der Waals surface area contributed by atoms with Crippen LogP contribution in [0, 0.1) is 0 Å². The van der Waals surface area contributed by atoms with Gasteiger partial charge in [0.15, 0.2) is 0 Å². The summed E-state index contributed by atoms with van der Waals surface area (Å²) >= 11 is 7.62. The first-order chi connectivity index (χ1) is 7.36. The number of thioether (sulfide) groups is 1. The molecule has 0 radical (unpaired) electrons. The van der Waals surface area contributed by atoms with E-state index in [0.717, 1.165) is 0 Å². The number of hydrogen-bond acceptors (Lipinski definition) is 3. The van der Waals surface area contributed by atoms with Crippen molar-refractivity contribution in [2.24, 2.45) is 0 Å². The van der Waals surface area contributed by atoms with E-state index in [1.54, 1.807) is 0 Å². The predicted molar refractivity (Wildman–Crippen MR) is 69.1 cm³/mol. The molecule has 0 aromatic carbocycles. The quantitative estimate of drug-likeness (QED) is 0.510. The Morgan fingerprint density at radius 3 is 2.73 bits per heavy atom. The van der Waals surface area contributed by atoms with Gasteiger partial charge < -0.3 is 9.64 Å². The van der Waals surface area contributed by atoms with E-state index in [0.29, 0.717) is 18.6 Å². The molecule has 0 unspecified atom stereocenters. The van der Waals surface area contributed by atoms with Crippen LogP contribution in [0.25, 0.3) is 0 Å². The van der Waals surface area contributed by atoms with Gasteiger partial charge in [-0.15, -0.1) is 11.6 Å². The van der Waals surface area contributed by atoms with Crippen molar-refractivity contribution in [1.82, 2.24) is 4.90 Å². The van der Waals surface area contributed by atoms with Crippen LogP contribution in [0.1, 0.15) is 19.8 Å². The SMILES string of the molecule is CCSCCN1CCC(OCCCl)CC1. The summed E-state index contributed by atoms with van der Waals surface area (Å²) in [5, 5.41) is 0. The predicted octanol–water partition coefficient (Wildman–Crippen LogP) is 2.46. The highest BCUT2D eigenvalue weighted by Gasteiger charge is 2.18. The van der Waals surface area contributed by atoms with E-state index in [9.17, 15) is 0 Å². The van der Waals surface area contributed by atoms with Crippen molar-refractivity contribution in [3.05, 3.63) is 0 Å². The van der Waals surface area contributed by atoms with Gasteiger partial charge in [-0.3, -0.25) is 0 Å². The number of piperidine rings is 1. The van der Waals surface area contributed by atoms with Crippen molar-refractivity contribution in [3.63, 3.8) is 0 Å². The summed E-state index contributed by atoms with van der Waals surface area (Å²) in [6.45, 7) is 6.55. The van der Waals surface area contributed by atoms with E-state index in [1.165, 1.54) is 44.0 Å². The van der Waals surface area contributed by atoms with Gasteiger partial charge in [0.2, 0.25) is 0 Å². The third-order valence-electron chi connectivity index (χ3n) is 2.72. The Hall–Kier alpha value is 0.560. The summed E-state index contributed by atoms with van der Waals surface area (Å²) < 4.78 is 5.64. The smallest absolute Gasteiger partial charge is 0.0605 e. The van der Waals surface area contributed by atoms with Gasteiger partial charge in [-0.1, -0.05) is 6.92 Å². The molecule has 1 saturated heterocycles. The number of alkyl halides is 1. The average Bonchev–Trinajstić information content (AvgIpc) is 2.28. The molecule has 90 valence electrons. The van der Waals surface area contributed by atoms with Gasteiger partial charge in [0.1, 0.15) is 0 Å². The number of halogens is 1. The van der Waals surface area contributed by atoms with Crippen LogP contribution in [-0.2, 0) is 4.74 Å². The third kappa shape index (κ3) is 6.00. The van der Waals surface area contributed by atoms with Gasteiger partial charge in [0.05, 0.1) is 12.7 Å². The Labute approximate surface area is 103 Å². The van der Waals surface area contributed by atoms with Crippen LogP contribution in [0.15, 0.2) is 0 Å². The second-order valence-electron chi connectivity index (χ2n) is 3.80. The number of nitrogens with zero attached hydrogens (tertiary/aromatic N) is 1. The fourth-order valence-electron chi connectivity index (χ4n) is 1.85. The largest absolute Gasteiger partial charge is 0.377 e. The molecule has 2 nitrogen and oxygen atoms in total. The molecule has 1 aliphatic heterocycles. The summed E-state index contributed by atoms with van der Waals surface area (Å²) in [6.07, 6.45) is 2.81. The maximum atomic E-state index is 5.64. The van der Waals surface area contributed by atoms with E-state index in [-0.39, 0.29) is 0 Å². The average molecular weight is 252 g/mol. The minimum Gasteiger partial charge on any atom is -0.377 e. The molecule has 0 aliphatic carbocycles. The molecule has 1 rings (SSSR count). The van der Waals surface area contributed by atoms with Crippen LogP contribution in [-0.4, -0.2) is 54.6 Å². The number of likely N-dealkylation sites (tertiary alicyclic amines) is 1. The number of hydrogen-bond donors (Lipinski definition) is 0. The molecule has 0 aromatic rings.